The molecule has 1 heterocycles. The summed E-state index contributed by atoms with van der Waals surface area (Å²) in [5.74, 6) is 0.908. The standard InChI is InChI=1S/C16H29BrN4O/c1-5-6-9-22-10-7-8-19-16(18-2)21(4)13-15-11-14(17)12-20(15)3/h11-12H,5-10,13H2,1-4H3,(H,18,19). The third-order valence-electron chi connectivity index (χ3n) is 3.44. The number of guanidine groups is 1. The van der Waals surface area contributed by atoms with Crippen LogP contribution in [0.4, 0.5) is 0 Å². The molecule has 126 valence electrons. The van der Waals surface area contributed by atoms with Gasteiger partial charge in [-0.05, 0) is 34.8 Å². The Balaban J connectivity index is 2.30. The van der Waals surface area contributed by atoms with Crippen molar-refractivity contribution in [2.75, 3.05) is 33.9 Å². The molecule has 0 saturated carbocycles. The minimum Gasteiger partial charge on any atom is -0.381 e. The number of nitrogens with one attached hydrogen (secondary N) is 1. The first kappa shape index (κ1) is 19.0. The van der Waals surface area contributed by atoms with Crippen molar-refractivity contribution in [1.82, 2.24) is 14.8 Å². The van der Waals surface area contributed by atoms with E-state index >= 15 is 0 Å². The van der Waals surface area contributed by atoms with Crippen LogP contribution in [0.25, 0.3) is 0 Å². The van der Waals surface area contributed by atoms with Crippen molar-refractivity contribution >= 4 is 21.9 Å². The van der Waals surface area contributed by atoms with Gasteiger partial charge in [-0.2, -0.15) is 0 Å². The molecular weight excluding hydrogens is 344 g/mol. The molecule has 1 N–H and O–H groups in total. The van der Waals surface area contributed by atoms with Gasteiger partial charge >= 0.3 is 0 Å². The van der Waals surface area contributed by atoms with Crippen LogP contribution in [0, 0.1) is 0 Å². The molecule has 0 aromatic carbocycles. The number of hydrogen-bond acceptors (Lipinski definition) is 2. The molecule has 1 rings (SSSR count). The van der Waals surface area contributed by atoms with Gasteiger partial charge in [0.05, 0.1) is 6.54 Å². The Kier molecular flexibility index (Phi) is 9.24. The van der Waals surface area contributed by atoms with E-state index in [0.29, 0.717) is 0 Å². The maximum absolute atomic E-state index is 5.56. The molecule has 0 unspecified atom stereocenters. The van der Waals surface area contributed by atoms with Gasteiger partial charge in [0.15, 0.2) is 5.96 Å². The van der Waals surface area contributed by atoms with Gasteiger partial charge in [0.1, 0.15) is 0 Å². The predicted molar refractivity (Wildman–Crippen MR) is 96.3 cm³/mol. The van der Waals surface area contributed by atoms with Gasteiger partial charge in [-0.25, -0.2) is 0 Å². The normalized spacial score (nSPS) is 11.8. The minimum atomic E-state index is 0.804. The van der Waals surface area contributed by atoms with E-state index < -0.39 is 0 Å². The van der Waals surface area contributed by atoms with Crippen LogP contribution in [0.15, 0.2) is 21.7 Å². The molecule has 0 aliphatic heterocycles. The Bertz CT molecular complexity index is 459. The van der Waals surface area contributed by atoms with E-state index in [9.17, 15) is 0 Å². The average molecular weight is 373 g/mol. The van der Waals surface area contributed by atoms with Crippen LogP contribution in [0.3, 0.4) is 0 Å². The molecular formula is C16H29BrN4O. The molecule has 0 amide bonds. The molecule has 0 saturated heterocycles. The zero-order valence-electron chi connectivity index (χ0n) is 14.2. The summed E-state index contributed by atoms with van der Waals surface area (Å²) in [6, 6.07) is 2.13. The summed E-state index contributed by atoms with van der Waals surface area (Å²) in [7, 11) is 5.92. The van der Waals surface area contributed by atoms with Crippen LogP contribution in [-0.2, 0) is 18.3 Å². The fourth-order valence-electron chi connectivity index (χ4n) is 2.15. The summed E-state index contributed by atoms with van der Waals surface area (Å²) in [4.78, 5) is 6.46. The topological polar surface area (TPSA) is 41.8 Å². The molecule has 1 aromatic rings. The van der Waals surface area contributed by atoms with Gasteiger partial charge in [0.2, 0.25) is 0 Å². The first-order chi connectivity index (χ1) is 10.6. The highest BCUT2D eigenvalue weighted by molar-refractivity contribution is 9.10. The highest BCUT2D eigenvalue weighted by Crippen LogP contribution is 2.14. The number of aromatic nitrogens is 1. The second-order valence-corrected chi connectivity index (χ2v) is 6.33. The van der Waals surface area contributed by atoms with E-state index in [2.05, 4.69) is 61.9 Å². The van der Waals surface area contributed by atoms with E-state index in [0.717, 1.165) is 49.6 Å². The number of rotatable bonds is 9. The summed E-state index contributed by atoms with van der Waals surface area (Å²) < 4.78 is 8.78. The Morgan fingerprint density at radius 1 is 1.41 bits per heavy atom. The summed E-state index contributed by atoms with van der Waals surface area (Å²) in [5, 5.41) is 3.38. The van der Waals surface area contributed by atoms with Crippen molar-refractivity contribution in [2.24, 2.45) is 12.0 Å². The number of aliphatic imine (C=N–C) groups is 1. The average Bonchev–Trinajstić information content (AvgIpc) is 2.79. The van der Waals surface area contributed by atoms with Crippen LogP contribution in [0.2, 0.25) is 0 Å². The van der Waals surface area contributed by atoms with Crippen LogP contribution in [-0.4, -0.2) is 49.3 Å². The lowest BCUT2D eigenvalue weighted by Crippen LogP contribution is -2.39. The maximum atomic E-state index is 5.56. The number of aryl methyl sites for hydroxylation is 1. The number of hydrogen-bond donors (Lipinski definition) is 1. The molecule has 1 aromatic heterocycles. The number of unbranched alkanes of at least 4 members (excludes halogenated alkanes) is 1. The maximum Gasteiger partial charge on any atom is 0.193 e. The zero-order valence-corrected chi connectivity index (χ0v) is 15.8. The lowest BCUT2D eigenvalue weighted by atomic mass is 10.3. The van der Waals surface area contributed by atoms with Gasteiger partial charge in [-0.1, -0.05) is 13.3 Å². The lowest BCUT2D eigenvalue weighted by molar-refractivity contribution is 0.129. The fraction of sp³-hybridized carbons (Fsp3) is 0.688. The van der Waals surface area contributed by atoms with Gasteiger partial charge in [0.25, 0.3) is 0 Å². The molecule has 0 aliphatic carbocycles. The lowest BCUT2D eigenvalue weighted by Gasteiger charge is -2.22. The molecule has 0 fully saturated rings. The second-order valence-electron chi connectivity index (χ2n) is 5.41. The number of halogens is 1. The monoisotopic (exact) mass is 372 g/mol. The molecule has 0 atom stereocenters. The van der Waals surface area contributed by atoms with Crippen molar-refractivity contribution in [1.29, 1.82) is 0 Å². The second kappa shape index (κ2) is 10.7. The van der Waals surface area contributed by atoms with Gasteiger partial charge in [0, 0.05) is 57.3 Å². The van der Waals surface area contributed by atoms with Gasteiger partial charge in [-0.15, -0.1) is 0 Å². The Morgan fingerprint density at radius 3 is 2.73 bits per heavy atom. The Labute approximate surface area is 142 Å². The fourth-order valence-corrected chi connectivity index (χ4v) is 2.72. The zero-order chi connectivity index (χ0) is 16.4. The molecule has 6 heteroatoms. The third kappa shape index (κ3) is 6.83. The van der Waals surface area contributed by atoms with Crippen molar-refractivity contribution in [2.45, 2.75) is 32.7 Å². The minimum absolute atomic E-state index is 0.804. The summed E-state index contributed by atoms with van der Waals surface area (Å²) in [6.07, 6.45) is 5.38. The largest absolute Gasteiger partial charge is 0.381 e. The smallest absolute Gasteiger partial charge is 0.193 e. The van der Waals surface area contributed by atoms with Crippen LogP contribution in [0.1, 0.15) is 31.9 Å². The highest BCUT2D eigenvalue weighted by Gasteiger charge is 2.09. The number of nitrogens with zero attached hydrogens (tertiary/aromatic N) is 3. The Morgan fingerprint density at radius 2 is 2.14 bits per heavy atom. The van der Waals surface area contributed by atoms with Gasteiger partial charge < -0.3 is 19.5 Å². The molecule has 5 nitrogen and oxygen atoms in total. The van der Waals surface area contributed by atoms with Crippen LogP contribution >= 0.6 is 15.9 Å². The quantitative estimate of drug-likeness (QED) is 0.411. The number of ether oxygens (including phenoxy) is 1. The van der Waals surface area contributed by atoms with Crippen molar-refractivity contribution < 1.29 is 4.74 Å². The predicted octanol–water partition coefficient (Wildman–Crippen LogP) is 3.00. The SMILES string of the molecule is CCCCOCCCNC(=NC)N(C)Cc1cc(Br)cn1C. The Hall–Kier alpha value is -1.01. The van der Waals surface area contributed by atoms with Crippen molar-refractivity contribution in [3.8, 4) is 0 Å². The molecule has 0 aliphatic rings. The van der Waals surface area contributed by atoms with E-state index in [1.54, 1.807) is 0 Å². The summed E-state index contributed by atoms with van der Waals surface area (Å²) >= 11 is 3.50. The van der Waals surface area contributed by atoms with Gasteiger partial charge in [-0.3, -0.25) is 4.99 Å². The molecule has 0 radical (unpaired) electrons. The van der Waals surface area contributed by atoms with Crippen LogP contribution < -0.4 is 5.32 Å². The third-order valence-corrected chi connectivity index (χ3v) is 3.87. The van der Waals surface area contributed by atoms with E-state index in [4.69, 9.17) is 4.74 Å². The van der Waals surface area contributed by atoms with E-state index in [-0.39, 0.29) is 0 Å². The van der Waals surface area contributed by atoms with Crippen molar-refractivity contribution in [3.05, 3.63) is 22.4 Å². The molecule has 0 bridgehead atoms. The summed E-state index contributed by atoms with van der Waals surface area (Å²) in [5.41, 5.74) is 1.24. The highest BCUT2D eigenvalue weighted by atomic mass is 79.9. The molecule has 0 spiro atoms. The van der Waals surface area contributed by atoms with Crippen molar-refractivity contribution in [3.63, 3.8) is 0 Å². The summed E-state index contributed by atoms with van der Waals surface area (Å²) in [6.45, 7) is 5.54. The van der Waals surface area contributed by atoms with E-state index in [1.165, 1.54) is 12.1 Å². The van der Waals surface area contributed by atoms with Crippen LogP contribution in [0.5, 0.6) is 0 Å². The first-order valence-corrected chi connectivity index (χ1v) is 8.68. The molecule has 22 heavy (non-hydrogen) atoms. The van der Waals surface area contributed by atoms with E-state index in [1.807, 2.05) is 14.1 Å². The first-order valence-electron chi connectivity index (χ1n) is 7.88.